The number of carbonyl (C=O) groups excluding carboxylic acids is 1. The molecular formula is C18H27N7O2. The molecule has 2 aliphatic rings. The van der Waals surface area contributed by atoms with Crippen LogP contribution in [0, 0.1) is 0 Å². The minimum Gasteiger partial charge on any atom is -0.378 e. The Hall–Kier alpha value is -2.26. The van der Waals surface area contributed by atoms with Crippen LogP contribution >= 0.6 is 0 Å². The van der Waals surface area contributed by atoms with Gasteiger partial charge in [-0.05, 0) is 18.7 Å². The summed E-state index contributed by atoms with van der Waals surface area (Å²) in [5, 5.41) is 13.1. The fourth-order valence-corrected chi connectivity index (χ4v) is 3.63. The van der Waals surface area contributed by atoms with Gasteiger partial charge >= 0.3 is 0 Å². The van der Waals surface area contributed by atoms with Crippen LogP contribution in [0.15, 0.2) is 12.1 Å². The molecule has 2 aromatic rings. The lowest BCUT2D eigenvalue weighted by Gasteiger charge is -2.34. The molecule has 0 N–H and O–H groups in total. The van der Waals surface area contributed by atoms with Gasteiger partial charge in [-0.3, -0.25) is 4.79 Å². The zero-order chi connectivity index (χ0) is 18.6. The molecule has 0 bridgehead atoms. The fourth-order valence-electron chi connectivity index (χ4n) is 3.63. The van der Waals surface area contributed by atoms with E-state index in [-0.39, 0.29) is 5.91 Å². The number of nitrogens with zero attached hydrogens (tertiary/aromatic N) is 7. The summed E-state index contributed by atoms with van der Waals surface area (Å²) in [6.45, 7) is 9.84. The zero-order valence-corrected chi connectivity index (χ0v) is 15.9. The first-order valence-electron chi connectivity index (χ1n) is 9.79. The average Bonchev–Trinajstić information content (AvgIpc) is 3.15. The summed E-state index contributed by atoms with van der Waals surface area (Å²) in [4.78, 5) is 19.1. The van der Waals surface area contributed by atoms with Crippen molar-refractivity contribution in [1.29, 1.82) is 0 Å². The van der Waals surface area contributed by atoms with Crippen LogP contribution in [0.3, 0.4) is 0 Å². The molecule has 4 rings (SSSR count). The Morgan fingerprint density at radius 3 is 2.59 bits per heavy atom. The number of amides is 1. The second-order valence-corrected chi connectivity index (χ2v) is 6.99. The highest BCUT2D eigenvalue weighted by atomic mass is 16.5. The van der Waals surface area contributed by atoms with Crippen molar-refractivity contribution in [2.75, 3.05) is 63.9 Å². The molecule has 0 saturated carbocycles. The number of ether oxygens (including phenoxy) is 1. The summed E-state index contributed by atoms with van der Waals surface area (Å²) in [7, 11) is 0. The number of hydrogen-bond acceptors (Lipinski definition) is 7. The standard InChI is InChI=1S/C18H27N7O2/c1-2-22-7-9-24(10-8-22)18(26)6-5-16-20-19-15-3-4-17(21-25(15)16)23-11-13-27-14-12-23/h3-4H,2,5-14H2,1H3. The van der Waals surface area contributed by atoms with Gasteiger partial charge in [-0.2, -0.15) is 4.52 Å². The van der Waals surface area contributed by atoms with Gasteiger partial charge in [0.25, 0.3) is 0 Å². The normalized spacial score (nSPS) is 19.0. The number of carbonyl (C=O) groups is 1. The molecule has 0 unspecified atom stereocenters. The lowest BCUT2D eigenvalue weighted by atomic mass is 10.2. The molecule has 1 amide bonds. The molecule has 0 radical (unpaired) electrons. The number of aryl methyl sites for hydroxylation is 1. The molecule has 0 atom stereocenters. The van der Waals surface area contributed by atoms with Crippen molar-refractivity contribution in [3.63, 3.8) is 0 Å². The summed E-state index contributed by atoms with van der Waals surface area (Å²) in [5.41, 5.74) is 0.714. The van der Waals surface area contributed by atoms with E-state index in [2.05, 4.69) is 26.9 Å². The zero-order valence-electron chi connectivity index (χ0n) is 15.9. The molecule has 4 heterocycles. The number of likely N-dealkylation sites (N-methyl/N-ethyl adjacent to an activating group) is 1. The Labute approximate surface area is 158 Å². The first-order chi connectivity index (χ1) is 13.2. The third kappa shape index (κ3) is 4.03. The van der Waals surface area contributed by atoms with E-state index in [1.807, 2.05) is 17.0 Å². The number of piperazine rings is 1. The molecule has 27 heavy (non-hydrogen) atoms. The van der Waals surface area contributed by atoms with Crippen LogP contribution in [0.2, 0.25) is 0 Å². The smallest absolute Gasteiger partial charge is 0.223 e. The van der Waals surface area contributed by atoms with Crippen LogP contribution < -0.4 is 4.90 Å². The van der Waals surface area contributed by atoms with E-state index in [4.69, 9.17) is 9.84 Å². The van der Waals surface area contributed by atoms with E-state index in [1.54, 1.807) is 4.52 Å². The van der Waals surface area contributed by atoms with Crippen molar-refractivity contribution < 1.29 is 9.53 Å². The largest absolute Gasteiger partial charge is 0.378 e. The summed E-state index contributed by atoms with van der Waals surface area (Å²) in [6.07, 6.45) is 0.990. The van der Waals surface area contributed by atoms with E-state index in [9.17, 15) is 4.79 Å². The summed E-state index contributed by atoms with van der Waals surface area (Å²) in [6, 6.07) is 3.90. The highest BCUT2D eigenvalue weighted by Crippen LogP contribution is 2.15. The Kier molecular flexibility index (Phi) is 5.49. The molecular weight excluding hydrogens is 346 g/mol. The summed E-state index contributed by atoms with van der Waals surface area (Å²) >= 11 is 0. The lowest BCUT2D eigenvalue weighted by Crippen LogP contribution is -2.48. The number of morpholine rings is 1. The molecule has 9 nitrogen and oxygen atoms in total. The molecule has 2 aliphatic heterocycles. The van der Waals surface area contributed by atoms with Crippen LogP contribution in [-0.4, -0.2) is 94.5 Å². The Morgan fingerprint density at radius 1 is 1.07 bits per heavy atom. The molecule has 9 heteroatoms. The number of fused-ring (bicyclic) bond motifs is 1. The topological polar surface area (TPSA) is 79.1 Å². The van der Waals surface area contributed by atoms with Crippen molar-refractivity contribution >= 4 is 17.4 Å². The third-order valence-corrected chi connectivity index (χ3v) is 5.38. The molecule has 0 aliphatic carbocycles. The number of anilines is 1. The van der Waals surface area contributed by atoms with Gasteiger partial charge in [0.15, 0.2) is 11.5 Å². The van der Waals surface area contributed by atoms with Gasteiger partial charge in [-0.1, -0.05) is 6.92 Å². The predicted molar refractivity (Wildman–Crippen MR) is 101 cm³/mol. The van der Waals surface area contributed by atoms with Crippen molar-refractivity contribution in [2.24, 2.45) is 0 Å². The minimum absolute atomic E-state index is 0.187. The monoisotopic (exact) mass is 373 g/mol. The van der Waals surface area contributed by atoms with E-state index < -0.39 is 0 Å². The minimum atomic E-state index is 0.187. The van der Waals surface area contributed by atoms with Crippen LogP contribution in [0.5, 0.6) is 0 Å². The van der Waals surface area contributed by atoms with Crippen molar-refractivity contribution in [3.8, 4) is 0 Å². The van der Waals surface area contributed by atoms with Crippen LogP contribution in [0.4, 0.5) is 5.82 Å². The van der Waals surface area contributed by atoms with Gasteiger partial charge in [-0.25, -0.2) is 0 Å². The van der Waals surface area contributed by atoms with E-state index in [0.29, 0.717) is 31.7 Å². The first kappa shape index (κ1) is 18.1. The Bertz CT molecular complexity index is 779. The second kappa shape index (κ2) is 8.18. The lowest BCUT2D eigenvalue weighted by molar-refractivity contribution is -0.132. The van der Waals surface area contributed by atoms with Gasteiger partial charge in [-0.15, -0.1) is 15.3 Å². The molecule has 146 valence electrons. The number of aromatic nitrogens is 4. The van der Waals surface area contributed by atoms with Gasteiger partial charge in [0.05, 0.1) is 13.2 Å². The molecule has 2 aromatic heterocycles. The van der Waals surface area contributed by atoms with Crippen LogP contribution in [-0.2, 0) is 16.0 Å². The van der Waals surface area contributed by atoms with Gasteiger partial charge in [0.2, 0.25) is 5.91 Å². The highest BCUT2D eigenvalue weighted by molar-refractivity contribution is 5.76. The molecule has 0 aromatic carbocycles. The predicted octanol–water partition coefficient (Wildman–Crippen LogP) is 0.0576. The van der Waals surface area contributed by atoms with Crippen LogP contribution in [0.25, 0.3) is 5.65 Å². The molecule has 2 saturated heterocycles. The van der Waals surface area contributed by atoms with Crippen molar-refractivity contribution in [1.82, 2.24) is 29.6 Å². The van der Waals surface area contributed by atoms with E-state index in [0.717, 1.165) is 57.5 Å². The highest BCUT2D eigenvalue weighted by Gasteiger charge is 2.21. The van der Waals surface area contributed by atoms with E-state index in [1.165, 1.54) is 0 Å². The SMILES string of the molecule is CCN1CCN(C(=O)CCc2nnc3ccc(N4CCOCC4)nn23)CC1. The maximum absolute atomic E-state index is 12.5. The van der Waals surface area contributed by atoms with Crippen molar-refractivity contribution in [3.05, 3.63) is 18.0 Å². The quantitative estimate of drug-likeness (QED) is 0.733. The van der Waals surface area contributed by atoms with Crippen LogP contribution in [0.1, 0.15) is 19.2 Å². The summed E-state index contributed by atoms with van der Waals surface area (Å²) < 4.78 is 7.18. The third-order valence-electron chi connectivity index (χ3n) is 5.38. The number of hydrogen-bond donors (Lipinski definition) is 0. The fraction of sp³-hybridized carbons (Fsp3) is 0.667. The van der Waals surface area contributed by atoms with Gasteiger partial charge in [0.1, 0.15) is 5.82 Å². The summed E-state index contributed by atoms with van der Waals surface area (Å²) in [5.74, 6) is 1.82. The average molecular weight is 373 g/mol. The van der Waals surface area contributed by atoms with E-state index >= 15 is 0 Å². The molecule has 2 fully saturated rings. The van der Waals surface area contributed by atoms with Gasteiger partial charge in [0, 0.05) is 52.1 Å². The maximum Gasteiger partial charge on any atom is 0.223 e. The maximum atomic E-state index is 12.5. The van der Waals surface area contributed by atoms with Gasteiger partial charge < -0.3 is 19.4 Å². The Balaban J connectivity index is 1.40. The first-order valence-corrected chi connectivity index (χ1v) is 9.79. The molecule has 0 spiro atoms. The number of rotatable bonds is 5. The Morgan fingerprint density at radius 2 is 1.85 bits per heavy atom. The second-order valence-electron chi connectivity index (χ2n) is 6.99. The van der Waals surface area contributed by atoms with Crippen molar-refractivity contribution in [2.45, 2.75) is 19.8 Å².